The second kappa shape index (κ2) is 7.21. The lowest BCUT2D eigenvalue weighted by molar-refractivity contribution is 0.210. The molecule has 9 heteroatoms. The van der Waals surface area contributed by atoms with Gasteiger partial charge in [-0.2, -0.15) is 0 Å². The summed E-state index contributed by atoms with van der Waals surface area (Å²) in [6.45, 7) is 2.48. The van der Waals surface area contributed by atoms with Gasteiger partial charge in [-0.15, -0.1) is 10.2 Å². The Labute approximate surface area is 148 Å². The molecule has 130 valence electrons. The van der Waals surface area contributed by atoms with Gasteiger partial charge in [0.2, 0.25) is 0 Å². The Balaban J connectivity index is 2.03. The standard InChI is InChI=1S/C16H20N7OP/c1-12(17-2)16(24-25,14-10-22(3)20-18-14)15-11-23(21-19-15)9-13-7-5-4-6-8-13/h4-8,10-11H,9,25H2,1-3H3. The molecule has 2 heterocycles. The van der Waals surface area contributed by atoms with Gasteiger partial charge in [-0.1, -0.05) is 40.8 Å². The molecule has 0 N–H and O–H groups in total. The van der Waals surface area contributed by atoms with Crippen LogP contribution in [0.1, 0.15) is 23.9 Å². The SMILES string of the molecule is CN=C(C)C(OP)(c1cn(C)nn1)c1cn(Cc2ccccc2)nn1. The summed E-state index contributed by atoms with van der Waals surface area (Å²) in [6, 6.07) is 10.1. The quantitative estimate of drug-likeness (QED) is 0.494. The topological polar surface area (TPSA) is 83.0 Å². The summed E-state index contributed by atoms with van der Waals surface area (Å²) in [7, 11) is 5.80. The van der Waals surface area contributed by atoms with E-state index >= 15 is 0 Å². The van der Waals surface area contributed by atoms with Gasteiger partial charge in [-0.3, -0.25) is 9.67 Å². The molecule has 0 spiro atoms. The molecule has 0 radical (unpaired) electrons. The molecule has 2 aromatic heterocycles. The molecule has 8 nitrogen and oxygen atoms in total. The third kappa shape index (κ3) is 3.23. The molecule has 25 heavy (non-hydrogen) atoms. The van der Waals surface area contributed by atoms with Crippen LogP contribution in [-0.2, 0) is 23.7 Å². The Hall–Kier alpha value is -2.44. The minimum atomic E-state index is -1.05. The number of aromatic nitrogens is 6. The average molecular weight is 357 g/mol. The van der Waals surface area contributed by atoms with E-state index in [1.165, 1.54) is 0 Å². The summed E-state index contributed by atoms with van der Waals surface area (Å²) >= 11 is 0. The van der Waals surface area contributed by atoms with E-state index in [0.717, 1.165) is 5.56 Å². The number of rotatable bonds is 6. The van der Waals surface area contributed by atoms with E-state index in [9.17, 15) is 0 Å². The Morgan fingerprint density at radius 1 is 1.16 bits per heavy atom. The third-order valence-corrected chi connectivity index (χ3v) is 4.43. The molecule has 0 saturated carbocycles. The smallest absolute Gasteiger partial charge is 0.199 e. The molecule has 0 fully saturated rings. The monoisotopic (exact) mass is 357 g/mol. The normalized spacial score (nSPS) is 14.5. The summed E-state index contributed by atoms with van der Waals surface area (Å²) in [5, 5.41) is 16.8. The highest BCUT2D eigenvalue weighted by atomic mass is 31.0. The average Bonchev–Trinajstić information content (AvgIpc) is 3.27. The maximum atomic E-state index is 5.79. The van der Waals surface area contributed by atoms with Gasteiger partial charge in [0.1, 0.15) is 11.4 Å². The van der Waals surface area contributed by atoms with Crippen molar-refractivity contribution in [3.05, 3.63) is 59.7 Å². The second-order valence-electron chi connectivity index (χ2n) is 5.67. The van der Waals surface area contributed by atoms with Crippen molar-refractivity contribution in [3.8, 4) is 0 Å². The molecule has 1 aromatic carbocycles. The maximum absolute atomic E-state index is 5.79. The molecule has 0 aliphatic heterocycles. The zero-order chi connectivity index (χ0) is 17.9. The van der Waals surface area contributed by atoms with Crippen LogP contribution in [0.5, 0.6) is 0 Å². The van der Waals surface area contributed by atoms with Crippen molar-refractivity contribution < 1.29 is 4.52 Å². The Bertz CT molecular complexity index is 874. The highest BCUT2D eigenvalue weighted by molar-refractivity contribution is 7.10. The zero-order valence-corrected chi connectivity index (χ0v) is 15.5. The highest BCUT2D eigenvalue weighted by Crippen LogP contribution is 2.34. The molecule has 3 rings (SSSR count). The number of nitrogens with zero attached hydrogens (tertiary/aromatic N) is 7. The first-order chi connectivity index (χ1) is 12.1. The first-order valence-corrected chi connectivity index (χ1v) is 8.20. The highest BCUT2D eigenvalue weighted by Gasteiger charge is 2.43. The molecule has 3 aromatic rings. The molecule has 2 atom stereocenters. The minimum Gasteiger partial charge on any atom is -0.340 e. The fourth-order valence-electron chi connectivity index (χ4n) is 2.68. The molecule has 0 aliphatic carbocycles. The van der Waals surface area contributed by atoms with Crippen molar-refractivity contribution in [1.29, 1.82) is 0 Å². The molecular weight excluding hydrogens is 337 g/mol. The summed E-state index contributed by atoms with van der Waals surface area (Å²) in [5.41, 5.74) is 1.98. The second-order valence-corrected chi connectivity index (χ2v) is 5.91. The molecule has 2 unspecified atom stereocenters. The van der Waals surface area contributed by atoms with Crippen LogP contribution in [-0.4, -0.2) is 42.7 Å². The minimum absolute atomic E-state index is 0.597. The van der Waals surface area contributed by atoms with E-state index in [4.69, 9.17) is 4.52 Å². The van der Waals surface area contributed by atoms with Crippen molar-refractivity contribution in [1.82, 2.24) is 30.0 Å². The summed E-state index contributed by atoms with van der Waals surface area (Å²) < 4.78 is 9.18. The van der Waals surface area contributed by atoms with Crippen LogP contribution in [0.3, 0.4) is 0 Å². The van der Waals surface area contributed by atoms with E-state index in [1.54, 1.807) is 29.7 Å². The van der Waals surface area contributed by atoms with Gasteiger partial charge < -0.3 is 4.52 Å². The van der Waals surface area contributed by atoms with Crippen LogP contribution in [0.4, 0.5) is 0 Å². The summed E-state index contributed by atoms with van der Waals surface area (Å²) in [4.78, 5) is 4.31. The fraction of sp³-hybridized carbons (Fsp3) is 0.312. The predicted octanol–water partition coefficient (Wildman–Crippen LogP) is 1.60. The number of benzene rings is 1. The lowest BCUT2D eigenvalue weighted by atomic mass is 9.91. The van der Waals surface area contributed by atoms with Gasteiger partial charge in [0, 0.05) is 23.6 Å². The zero-order valence-electron chi connectivity index (χ0n) is 14.4. The van der Waals surface area contributed by atoms with Crippen LogP contribution in [0.25, 0.3) is 0 Å². The lowest BCUT2D eigenvalue weighted by Gasteiger charge is -2.27. The molecule has 0 bridgehead atoms. The van der Waals surface area contributed by atoms with Crippen molar-refractivity contribution in [2.24, 2.45) is 12.0 Å². The van der Waals surface area contributed by atoms with Crippen molar-refractivity contribution in [2.45, 2.75) is 19.1 Å². The van der Waals surface area contributed by atoms with Gasteiger partial charge in [0.05, 0.1) is 24.7 Å². The van der Waals surface area contributed by atoms with Crippen LogP contribution in [0.15, 0.2) is 47.7 Å². The first kappa shape index (κ1) is 17.4. The van der Waals surface area contributed by atoms with Crippen molar-refractivity contribution in [3.63, 3.8) is 0 Å². The molecule has 0 aliphatic rings. The van der Waals surface area contributed by atoms with Crippen molar-refractivity contribution >= 4 is 15.2 Å². The summed E-state index contributed by atoms with van der Waals surface area (Å²) in [6.07, 6.45) is 3.63. The maximum Gasteiger partial charge on any atom is 0.199 e. The van der Waals surface area contributed by atoms with Crippen LogP contribution >= 0.6 is 9.47 Å². The van der Waals surface area contributed by atoms with Crippen LogP contribution in [0.2, 0.25) is 0 Å². The number of hydrogen-bond acceptors (Lipinski definition) is 6. The predicted molar refractivity (Wildman–Crippen MR) is 97.2 cm³/mol. The van der Waals surface area contributed by atoms with E-state index in [2.05, 4.69) is 35.1 Å². The van der Waals surface area contributed by atoms with E-state index in [1.807, 2.05) is 43.5 Å². The van der Waals surface area contributed by atoms with Crippen LogP contribution in [0, 0.1) is 0 Å². The third-order valence-electron chi connectivity index (χ3n) is 4.07. The largest absolute Gasteiger partial charge is 0.340 e. The van der Waals surface area contributed by atoms with E-state index in [0.29, 0.717) is 23.6 Å². The lowest BCUT2D eigenvalue weighted by Crippen LogP contribution is -2.37. The van der Waals surface area contributed by atoms with E-state index in [-0.39, 0.29) is 0 Å². The van der Waals surface area contributed by atoms with Gasteiger partial charge in [0.15, 0.2) is 5.60 Å². The van der Waals surface area contributed by atoms with Gasteiger partial charge >= 0.3 is 0 Å². The van der Waals surface area contributed by atoms with Gasteiger partial charge in [-0.05, 0) is 12.5 Å². The van der Waals surface area contributed by atoms with Crippen LogP contribution < -0.4 is 0 Å². The Kier molecular flexibility index (Phi) is 5.01. The Morgan fingerprint density at radius 2 is 1.84 bits per heavy atom. The molecular formula is C16H20N7OP. The van der Waals surface area contributed by atoms with E-state index < -0.39 is 5.60 Å². The number of aryl methyl sites for hydroxylation is 1. The van der Waals surface area contributed by atoms with Gasteiger partial charge in [0.25, 0.3) is 0 Å². The fourth-order valence-corrected chi connectivity index (χ4v) is 3.09. The number of aliphatic imine (C=N–C) groups is 1. The molecule has 0 saturated heterocycles. The Morgan fingerprint density at radius 3 is 2.44 bits per heavy atom. The van der Waals surface area contributed by atoms with Crippen molar-refractivity contribution in [2.75, 3.05) is 7.05 Å². The first-order valence-electron chi connectivity index (χ1n) is 7.73. The molecule has 0 amide bonds. The summed E-state index contributed by atoms with van der Waals surface area (Å²) in [5.74, 6) is 0. The number of hydrogen-bond donors (Lipinski definition) is 0. The van der Waals surface area contributed by atoms with Gasteiger partial charge in [-0.25, -0.2) is 4.68 Å².